The number of nitrogens with one attached hydrogen (secondary N) is 1. The zero-order valence-electron chi connectivity index (χ0n) is 12.8. The number of nitrogens with zero attached hydrogens (tertiary/aromatic N) is 3. The number of hydrogen-bond acceptors (Lipinski definition) is 3. The van der Waals surface area contributed by atoms with Crippen LogP contribution in [0.3, 0.4) is 0 Å². The molecule has 0 saturated heterocycles. The van der Waals surface area contributed by atoms with Crippen LogP contribution in [0.4, 0.5) is 5.82 Å². The minimum Gasteiger partial charge on any atom is -0.371 e. The van der Waals surface area contributed by atoms with Gasteiger partial charge >= 0.3 is 0 Å². The van der Waals surface area contributed by atoms with Gasteiger partial charge in [-0.25, -0.2) is 4.68 Å². The fourth-order valence-corrected chi connectivity index (χ4v) is 2.77. The molecule has 0 spiro atoms. The molecular formula is C17H19ClN4. The van der Waals surface area contributed by atoms with Crippen LogP contribution in [-0.2, 0) is 6.42 Å². The van der Waals surface area contributed by atoms with Gasteiger partial charge in [0, 0.05) is 18.3 Å². The maximum atomic E-state index is 5.98. The summed E-state index contributed by atoms with van der Waals surface area (Å²) in [6.45, 7) is 2.20. The van der Waals surface area contributed by atoms with Crippen LogP contribution in [0, 0.1) is 0 Å². The number of rotatable bonds is 5. The number of anilines is 1. The normalized spacial score (nSPS) is 11.0. The van der Waals surface area contributed by atoms with Gasteiger partial charge < -0.3 is 5.32 Å². The molecule has 22 heavy (non-hydrogen) atoms. The molecule has 1 N–H and O–H groups in total. The predicted molar refractivity (Wildman–Crippen MR) is 92.0 cm³/mol. The Hall–Kier alpha value is -2.07. The lowest BCUT2D eigenvalue weighted by molar-refractivity contribution is 0.796. The summed E-state index contributed by atoms with van der Waals surface area (Å²) in [6, 6.07) is 7.68. The van der Waals surface area contributed by atoms with Gasteiger partial charge in [0.05, 0.1) is 22.8 Å². The van der Waals surface area contributed by atoms with Gasteiger partial charge in [0.1, 0.15) is 0 Å². The van der Waals surface area contributed by atoms with Crippen LogP contribution >= 0.6 is 11.6 Å². The molecule has 0 radical (unpaired) electrons. The molecule has 0 aliphatic rings. The van der Waals surface area contributed by atoms with E-state index in [4.69, 9.17) is 16.7 Å². The molecule has 0 fully saturated rings. The monoisotopic (exact) mass is 314 g/mol. The van der Waals surface area contributed by atoms with Gasteiger partial charge in [0.15, 0.2) is 5.82 Å². The van der Waals surface area contributed by atoms with E-state index >= 15 is 0 Å². The minimum atomic E-state index is 0.718. The van der Waals surface area contributed by atoms with Gasteiger partial charge in [-0.05, 0) is 42.7 Å². The summed E-state index contributed by atoms with van der Waals surface area (Å²) >= 11 is 5.98. The number of benzene rings is 1. The molecule has 0 atom stereocenters. The first-order valence-corrected chi connectivity index (χ1v) is 7.91. The largest absolute Gasteiger partial charge is 0.371 e. The maximum absolute atomic E-state index is 5.98. The summed E-state index contributed by atoms with van der Waals surface area (Å²) in [7, 11) is 1.90. The van der Waals surface area contributed by atoms with E-state index in [0.29, 0.717) is 0 Å². The van der Waals surface area contributed by atoms with E-state index in [1.54, 1.807) is 0 Å². The molecule has 0 aliphatic heterocycles. The molecule has 0 saturated carbocycles. The van der Waals surface area contributed by atoms with E-state index in [9.17, 15) is 0 Å². The molecule has 5 heteroatoms. The molecule has 114 valence electrons. The summed E-state index contributed by atoms with van der Waals surface area (Å²) in [6.07, 6.45) is 7.15. The third-order valence-electron chi connectivity index (χ3n) is 3.78. The fraction of sp³-hybridized carbons (Fsp3) is 0.294. The van der Waals surface area contributed by atoms with E-state index in [-0.39, 0.29) is 0 Å². The second-order valence-electron chi connectivity index (χ2n) is 5.28. The Bertz CT molecular complexity index is 777. The van der Waals surface area contributed by atoms with Crippen LogP contribution in [0.25, 0.3) is 16.6 Å². The zero-order chi connectivity index (χ0) is 15.5. The molecule has 1 aromatic carbocycles. The number of halogens is 1. The van der Waals surface area contributed by atoms with E-state index in [0.717, 1.165) is 46.7 Å². The lowest BCUT2D eigenvalue weighted by Gasteiger charge is -2.05. The van der Waals surface area contributed by atoms with Gasteiger partial charge in [-0.1, -0.05) is 24.9 Å². The summed E-state index contributed by atoms with van der Waals surface area (Å²) in [5.74, 6) is 0.887. The molecule has 2 heterocycles. The van der Waals surface area contributed by atoms with Crippen molar-refractivity contribution in [2.24, 2.45) is 0 Å². The Morgan fingerprint density at radius 1 is 1.18 bits per heavy atom. The standard InChI is InChI=1S/C17H19ClN4/c1-3-4-5-12-10-20-11-15-16(12)17(19-2)21-22(15)14-8-6-13(18)7-9-14/h6-11H,3-5H2,1-2H3,(H,19,21). The Labute approximate surface area is 135 Å². The molecule has 2 aromatic heterocycles. The Morgan fingerprint density at radius 2 is 1.95 bits per heavy atom. The fourth-order valence-electron chi connectivity index (χ4n) is 2.64. The molecule has 0 bridgehead atoms. The molecule has 4 nitrogen and oxygen atoms in total. The summed E-state index contributed by atoms with van der Waals surface area (Å²) in [5.41, 5.74) is 3.23. The number of fused-ring (bicyclic) bond motifs is 1. The van der Waals surface area contributed by atoms with Crippen LogP contribution in [0.2, 0.25) is 5.02 Å². The number of aryl methyl sites for hydroxylation is 1. The highest BCUT2D eigenvalue weighted by Crippen LogP contribution is 2.29. The van der Waals surface area contributed by atoms with Gasteiger partial charge in [-0.3, -0.25) is 4.98 Å². The molecule has 3 aromatic rings. The first kappa shape index (κ1) is 14.9. The first-order valence-electron chi connectivity index (χ1n) is 7.54. The highest BCUT2D eigenvalue weighted by molar-refractivity contribution is 6.30. The van der Waals surface area contributed by atoms with Crippen molar-refractivity contribution in [3.63, 3.8) is 0 Å². The maximum Gasteiger partial charge on any atom is 0.156 e. The summed E-state index contributed by atoms with van der Waals surface area (Å²) in [5, 5.41) is 9.77. The number of pyridine rings is 1. The molecule has 3 rings (SSSR count). The van der Waals surface area contributed by atoms with Crippen molar-refractivity contribution in [2.45, 2.75) is 26.2 Å². The average molecular weight is 315 g/mol. The van der Waals surface area contributed by atoms with Crippen LogP contribution in [-0.4, -0.2) is 21.8 Å². The third kappa shape index (κ3) is 2.66. The number of aromatic nitrogens is 3. The molecule has 0 aliphatic carbocycles. The molecular weight excluding hydrogens is 296 g/mol. The third-order valence-corrected chi connectivity index (χ3v) is 4.03. The average Bonchev–Trinajstić information content (AvgIpc) is 2.93. The zero-order valence-corrected chi connectivity index (χ0v) is 13.6. The summed E-state index contributed by atoms with van der Waals surface area (Å²) < 4.78 is 1.92. The van der Waals surface area contributed by atoms with Crippen molar-refractivity contribution in [3.05, 3.63) is 47.2 Å². The topological polar surface area (TPSA) is 42.7 Å². The minimum absolute atomic E-state index is 0.718. The molecule has 0 unspecified atom stereocenters. The van der Waals surface area contributed by atoms with Crippen LogP contribution < -0.4 is 5.32 Å². The van der Waals surface area contributed by atoms with E-state index in [2.05, 4.69) is 17.2 Å². The van der Waals surface area contributed by atoms with Gasteiger partial charge in [-0.2, -0.15) is 0 Å². The van der Waals surface area contributed by atoms with Crippen molar-refractivity contribution < 1.29 is 0 Å². The molecule has 0 amide bonds. The summed E-state index contributed by atoms with van der Waals surface area (Å²) in [4.78, 5) is 4.40. The van der Waals surface area contributed by atoms with E-state index in [1.807, 2.05) is 48.4 Å². The Kier molecular flexibility index (Phi) is 4.29. The van der Waals surface area contributed by atoms with E-state index in [1.165, 1.54) is 5.56 Å². The quantitative estimate of drug-likeness (QED) is 0.756. The van der Waals surface area contributed by atoms with Crippen molar-refractivity contribution >= 4 is 28.3 Å². The second kappa shape index (κ2) is 6.36. The predicted octanol–water partition coefficient (Wildman–Crippen LogP) is 4.46. The van der Waals surface area contributed by atoms with Crippen molar-refractivity contribution in [3.8, 4) is 5.69 Å². The lowest BCUT2D eigenvalue weighted by atomic mass is 10.1. The number of hydrogen-bond donors (Lipinski definition) is 1. The van der Waals surface area contributed by atoms with Crippen LogP contribution in [0.15, 0.2) is 36.7 Å². The number of unbranched alkanes of at least 4 members (excludes halogenated alkanes) is 1. The SMILES string of the molecule is CCCCc1cncc2c1c(NC)nn2-c1ccc(Cl)cc1. The van der Waals surface area contributed by atoms with Crippen LogP contribution in [0.5, 0.6) is 0 Å². The van der Waals surface area contributed by atoms with Crippen LogP contribution in [0.1, 0.15) is 25.3 Å². The lowest BCUT2D eigenvalue weighted by Crippen LogP contribution is -1.97. The van der Waals surface area contributed by atoms with Gasteiger partial charge in [0.2, 0.25) is 0 Å². The highest BCUT2D eigenvalue weighted by Gasteiger charge is 2.14. The second-order valence-corrected chi connectivity index (χ2v) is 5.72. The van der Waals surface area contributed by atoms with Crippen molar-refractivity contribution in [1.82, 2.24) is 14.8 Å². The smallest absolute Gasteiger partial charge is 0.156 e. The van der Waals surface area contributed by atoms with Crippen molar-refractivity contribution in [2.75, 3.05) is 12.4 Å². The Balaban J connectivity index is 2.18. The van der Waals surface area contributed by atoms with Gasteiger partial charge in [-0.15, -0.1) is 5.10 Å². The Morgan fingerprint density at radius 3 is 2.64 bits per heavy atom. The highest BCUT2D eigenvalue weighted by atomic mass is 35.5. The first-order chi connectivity index (χ1) is 10.7. The van der Waals surface area contributed by atoms with Gasteiger partial charge in [0.25, 0.3) is 0 Å². The van der Waals surface area contributed by atoms with E-state index < -0.39 is 0 Å². The van der Waals surface area contributed by atoms with Crippen molar-refractivity contribution in [1.29, 1.82) is 0 Å².